The van der Waals surface area contributed by atoms with Crippen molar-refractivity contribution in [3.63, 3.8) is 0 Å². The van der Waals surface area contributed by atoms with Crippen molar-refractivity contribution in [1.29, 1.82) is 0 Å². The van der Waals surface area contributed by atoms with E-state index in [1.54, 1.807) is 7.11 Å². The molecular weight excluding hydrogens is 236 g/mol. The fraction of sp³-hybridized carbons (Fsp3) is 0.250. The van der Waals surface area contributed by atoms with Crippen LogP contribution in [0.5, 0.6) is 5.75 Å². The molecule has 0 fully saturated rings. The molecule has 2 aromatic carbocycles. The van der Waals surface area contributed by atoms with Gasteiger partial charge in [0.05, 0.1) is 24.2 Å². The standard InChI is InChI=1S/C16H20N2O/c1-11(2)12-8-9-15(16(10-12)19-3)18-14-7-5-4-6-13(14)17/h4-11,18H,17H2,1-3H3. The molecular formula is C16H20N2O. The van der Waals surface area contributed by atoms with Gasteiger partial charge in [-0.25, -0.2) is 0 Å². The first-order valence-corrected chi connectivity index (χ1v) is 6.41. The summed E-state index contributed by atoms with van der Waals surface area (Å²) in [6, 6.07) is 13.9. The number of nitrogens with two attached hydrogens (primary N) is 1. The summed E-state index contributed by atoms with van der Waals surface area (Å²) < 4.78 is 5.44. The Bertz CT molecular complexity index is 564. The van der Waals surface area contributed by atoms with Crippen molar-refractivity contribution < 1.29 is 4.74 Å². The summed E-state index contributed by atoms with van der Waals surface area (Å²) in [7, 11) is 1.68. The molecule has 0 heterocycles. The van der Waals surface area contributed by atoms with E-state index >= 15 is 0 Å². The van der Waals surface area contributed by atoms with Crippen LogP contribution in [0.3, 0.4) is 0 Å². The first kappa shape index (κ1) is 13.3. The topological polar surface area (TPSA) is 47.3 Å². The van der Waals surface area contributed by atoms with Crippen molar-refractivity contribution in [2.45, 2.75) is 19.8 Å². The Morgan fingerprint density at radius 3 is 2.42 bits per heavy atom. The Hall–Kier alpha value is -2.16. The molecule has 0 saturated heterocycles. The van der Waals surface area contributed by atoms with Crippen LogP contribution in [-0.4, -0.2) is 7.11 Å². The van der Waals surface area contributed by atoms with Crippen LogP contribution in [0.15, 0.2) is 42.5 Å². The van der Waals surface area contributed by atoms with Gasteiger partial charge >= 0.3 is 0 Å². The molecule has 3 heteroatoms. The number of ether oxygens (including phenoxy) is 1. The van der Waals surface area contributed by atoms with E-state index in [-0.39, 0.29) is 0 Å². The van der Waals surface area contributed by atoms with E-state index < -0.39 is 0 Å². The summed E-state index contributed by atoms with van der Waals surface area (Å²) in [4.78, 5) is 0. The van der Waals surface area contributed by atoms with Gasteiger partial charge in [0.15, 0.2) is 0 Å². The lowest BCUT2D eigenvalue weighted by molar-refractivity contribution is 0.416. The lowest BCUT2D eigenvalue weighted by atomic mass is 10.0. The predicted octanol–water partition coefficient (Wildman–Crippen LogP) is 4.14. The number of methoxy groups -OCH3 is 1. The van der Waals surface area contributed by atoms with E-state index in [2.05, 4.69) is 31.3 Å². The molecule has 2 aromatic rings. The number of rotatable bonds is 4. The highest BCUT2D eigenvalue weighted by atomic mass is 16.5. The zero-order valence-corrected chi connectivity index (χ0v) is 11.6. The Balaban J connectivity index is 2.33. The van der Waals surface area contributed by atoms with Crippen molar-refractivity contribution in [2.24, 2.45) is 0 Å². The summed E-state index contributed by atoms with van der Waals surface area (Å²) >= 11 is 0. The maximum Gasteiger partial charge on any atom is 0.142 e. The van der Waals surface area contributed by atoms with Gasteiger partial charge in [0, 0.05) is 0 Å². The van der Waals surface area contributed by atoms with Gasteiger partial charge in [-0.15, -0.1) is 0 Å². The normalized spacial score (nSPS) is 10.5. The third-order valence-corrected chi connectivity index (χ3v) is 3.12. The largest absolute Gasteiger partial charge is 0.495 e. The fourth-order valence-electron chi connectivity index (χ4n) is 1.93. The number of benzene rings is 2. The van der Waals surface area contributed by atoms with Gasteiger partial charge in [-0.2, -0.15) is 0 Å². The van der Waals surface area contributed by atoms with Gasteiger partial charge in [0.1, 0.15) is 5.75 Å². The zero-order chi connectivity index (χ0) is 13.8. The summed E-state index contributed by atoms with van der Waals surface area (Å²) in [6.07, 6.45) is 0. The number of hydrogen-bond donors (Lipinski definition) is 2. The number of nitrogen functional groups attached to an aromatic ring is 1. The zero-order valence-electron chi connectivity index (χ0n) is 11.6. The van der Waals surface area contributed by atoms with E-state index in [0.29, 0.717) is 5.92 Å². The Kier molecular flexibility index (Phi) is 3.95. The van der Waals surface area contributed by atoms with Crippen LogP contribution in [-0.2, 0) is 0 Å². The van der Waals surface area contributed by atoms with Crippen LogP contribution in [0.2, 0.25) is 0 Å². The van der Waals surface area contributed by atoms with Crippen molar-refractivity contribution in [2.75, 3.05) is 18.2 Å². The molecule has 0 aliphatic heterocycles. The van der Waals surface area contributed by atoms with E-state index in [9.17, 15) is 0 Å². The van der Waals surface area contributed by atoms with Crippen molar-refractivity contribution in [3.05, 3.63) is 48.0 Å². The van der Waals surface area contributed by atoms with Crippen LogP contribution in [0, 0.1) is 0 Å². The average molecular weight is 256 g/mol. The Morgan fingerprint density at radius 2 is 1.79 bits per heavy atom. The lowest BCUT2D eigenvalue weighted by Crippen LogP contribution is -1.99. The molecule has 2 rings (SSSR count). The molecule has 100 valence electrons. The lowest BCUT2D eigenvalue weighted by Gasteiger charge is -2.15. The van der Waals surface area contributed by atoms with Gasteiger partial charge in [0.2, 0.25) is 0 Å². The third-order valence-electron chi connectivity index (χ3n) is 3.12. The minimum atomic E-state index is 0.477. The first-order chi connectivity index (χ1) is 9.11. The van der Waals surface area contributed by atoms with Gasteiger partial charge < -0.3 is 15.8 Å². The fourth-order valence-corrected chi connectivity index (χ4v) is 1.93. The highest BCUT2D eigenvalue weighted by molar-refractivity contribution is 5.75. The summed E-state index contributed by atoms with van der Waals surface area (Å²) in [5.74, 6) is 1.30. The molecule has 0 bridgehead atoms. The highest BCUT2D eigenvalue weighted by Crippen LogP contribution is 2.32. The number of para-hydroxylation sites is 2. The Morgan fingerprint density at radius 1 is 1.05 bits per heavy atom. The monoisotopic (exact) mass is 256 g/mol. The second-order valence-electron chi connectivity index (χ2n) is 4.83. The minimum Gasteiger partial charge on any atom is -0.495 e. The molecule has 19 heavy (non-hydrogen) atoms. The van der Waals surface area contributed by atoms with Crippen LogP contribution in [0.1, 0.15) is 25.3 Å². The molecule has 0 spiro atoms. The minimum absolute atomic E-state index is 0.477. The maximum absolute atomic E-state index is 5.93. The summed E-state index contributed by atoms with van der Waals surface area (Å²) in [5, 5.41) is 3.31. The molecule has 0 radical (unpaired) electrons. The van der Waals surface area contributed by atoms with E-state index in [4.69, 9.17) is 10.5 Å². The average Bonchev–Trinajstić information content (AvgIpc) is 2.41. The second-order valence-corrected chi connectivity index (χ2v) is 4.83. The van der Waals surface area contributed by atoms with E-state index in [0.717, 1.165) is 22.8 Å². The Labute approximate surface area is 114 Å². The summed E-state index contributed by atoms with van der Waals surface area (Å²) in [5.41, 5.74) is 9.72. The van der Waals surface area contributed by atoms with E-state index in [1.807, 2.05) is 30.3 Å². The van der Waals surface area contributed by atoms with Crippen LogP contribution >= 0.6 is 0 Å². The van der Waals surface area contributed by atoms with Crippen LogP contribution in [0.4, 0.5) is 17.1 Å². The molecule has 0 aliphatic rings. The molecule has 0 unspecified atom stereocenters. The summed E-state index contributed by atoms with van der Waals surface area (Å²) in [6.45, 7) is 4.33. The van der Waals surface area contributed by atoms with Crippen molar-refractivity contribution in [3.8, 4) is 5.75 Å². The van der Waals surface area contributed by atoms with Gasteiger partial charge in [-0.05, 0) is 35.7 Å². The quantitative estimate of drug-likeness (QED) is 0.808. The molecule has 0 amide bonds. The number of hydrogen-bond acceptors (Lipinski definition) is 3. The molecule has 3 N–H and O–H groups in total. The first-order valence-electron chi connectivity index (χ1n) is 6.41. The second kappa shape index (κ2) is 5.65. The number of nitrogens with one attached hydrogen (secondary N) is 1. The third kappa shape index (κ3) is 2.99. The number of anilines is 3. The smallest absolute Gasteiger partial charge is 0.142 e. The molecule has 0 aromatic heterocycles. The SMILES string of the molecule is COc1cc(C(C)C)ccc1Nc1ccccc1N. The maximum atomic E-state index is 5.93. The van der Waals surface area contributed by atoms with Gasteiger partial charge in [-0.3, -0.25) is 0 Å². The predicted molar refractivity (Wildman–Crippen MR) is 81.2 cm³/mol. The molecule has 0 atom stereocenters. The molecule has 0 saturated carbocycles. The van der Waals surface area contributed by atoms with Gasteiger partial charge in [-0.1, -0.05) is 32.0 Å². The van der Waals surface area contributed by atoms with Crippen LogP contribution < -0.4 is 15.8 Å². The highest BCUT2D eigenvalue weighted by Gasteiger charge is 2.08. The molecule has 0 aliphatic carbocycles. The van der Waals surface area contributed by atoms with Crippen molar-refractivity contribution in [1.82, 2.24) is 0 Å². The van der Waals surface area contributed by atoms with Crippen molar-refractivity contribution >= 4 is 17.1 Å². The van der Waals surface area contributed by atoms with E-state index in [1.165, 1.54) is 5.56 Å². The molecule has 3 nitrogen and oxygen atoms in total. The van der Waals surface area contributed by atoms with Crippen LogP contribution in [0.25, 0.3) is 0 Å². The van der Waals surface area contributed by atoms with Gasteiger partial charge in [0.25, 0.3) is 0 Å².